The lowest BCUT2D eigenvalue weighted by Crippen LogP contribution is -2.27. The molecule has 0 amide bonds. The van der Waals surface area contributed by atoms with Crippen molar-refractivity contribution < 1.29 is 5.11 Å². The Balaban J connectivity index is 2.06. The fraction of sp³-hybridized carbons (Fsp3) is 1.00. The molecule has 0 aromatic rings. The van der Waals surface area contributed by atoms with E-state index in [0.717, 1.165) is 25.2 Å². The van der Waals surface area contributed by atoms with Crippen LogP contribution in [-0.2, 0) is 0 Å². The van der Waals surface area contributed by atoms with Crippen LogP contribution in [0.1, 0.15) is 97.3 Å². The van der Waals surface area contributed by atoms with E-state index in [2.05, 4.69) is 13.8 Å². The molecule has 1 fully saturated rings. The monoisotopic (exact) mass is 254 g/mol. The summed E-state index contributed by atoms with van der Waals surface area (Å²) in [6.07, 6.45) is 16.4. The van der Waals surface area contributed by atoms with Gasteiger partial charge in [0.2, 0.25) is 0 Å². The summed E-state index contributed by atoms with van der Waals surface area (Å²) in [5.74, 6) is 0.827. The summed E-state index contributed by atoms with van der Waals surface area (Å²) in [6, 6.07) is 0. The van der Waals surface area contributed by atoms with Crippen molar-refractivity contribution >= 4 is 0 Å². The first-order valence-electron chi connectivity index (χ1n) is 8.39. The third kappa shape index (κ3) is 6.78. The van der Waals surface area contributed by atoms with Gasteiger partial charge in [-0.15, -0.1) is 0 Å². The summed E-state index contributed by atoms with van der Waals surface area (Å²) < 4.78 is 0. The van der Waals surface area contributed by atoms with E-state index < -0.39 is 0 Å². The molecule has 1 aliphatic rings. The lowest BCUT2D eigenvalue weighted by atomic mass is 9.88. The number of aliphatic hydroxyl groups is 1. The van der Waals surface area contributed by atoms with Crippen LogP contribution >= 0.6 is 0 Å². The van der Waals surface area contributed by atoms with Crippen molar-refractivity contribution in [2.75, 3.05) is 0 Å². The Morgan fingerprint density at radius 2 is 1.61 bits per heavy atom. The van der Waals surface area contributed by atoms with Crippen molar-refractivity contribution in [2.24, 2.45) is 5.92 Å². The van der Waals surface area contributed by atoms with Gasteiger partial charge >= 0.3 is 0 Å². The Hall–Kier alpha value is -0.0400. The highest BCUT2D eigenvalue weighted by molar-refractivity contribution is 4.82. The van der Waals surface area contributed by atoms with Gasteiger partial charge in [-0.2, -0.15) is 0 Å². The molecule has 0 spiro atoms. The van der Waals surface area contributed by atoms with Crippen LogP contribution in [0.2, 0.25) is 0 Å². The minimum atomic E-state index is -0.311. The minimum Gasteiger partial charge on any atom is -0.390 e. The average molecular weight is 254 g/mol. The molecule has 18 heavy (non-hydrogen) atoms. The standard InChI is InChI=1S/C17H34O/c1-3-4-5-6-7-8-9-13-17(18)14-10-11-16(2)12-15-17/h16,18H,3-15H2,1-2H3. The van der Waals surface area contributed by atoms with Crippen LogP contribution in [0.5, 0.6) is 0 Å². The van der Waals surface area contributed by atoms with E-state index in [1.54, 1.807) is 0 Å². The maximum Gasteiger partial charge on any atom is 0.0648 e. The molecule has 0 saturated heterocycles. The quantitative estimate of drug-likeness (QED) is 0.450. The van der Waals surface area contributed by atoms with Gasteiger partial charge in [0, 0.05) is 0 Å². The molecular weight excluding hydrogens is 220 g/mol. The zero-order chi connectivity index (χ0) is 13.3. The van der Waals surface area contributed by atoms with Crippen LogP contribution in [0, 0.1) is 5.92 Å². The topological polar surface area (TPSA) is 20.2 Å². The number of rotatable bonds is 8. The molecule has 0 aliphatic heterocycles. The first-order chi connectivity index (χ1) is 8.66. The first-order valence-corrected chi connectivity index (χ1v) is 8.39. The van der Waals surface area contributed by atoms with Gasteiger partial charge in [0.15, 0.2) is 0 Å². The van der Waals surface area contributed by atoms with Crippen LogP contribution in [0.15, 0.2) is 0 Å². The van der Waals surface area contributed by atoms with E-state index >= 15 is 0 Å². The van der Waals surface area contributed by atoms with Gasteiger partial charge in [-0.25, -0.2) is 0 Å². The molecule has 2 unspecified atom stereocenters. The molecule has 0 heterocycles. The average Bonchev–Trinajstić information content (AvgIpc) is 2.51. The number of hydrogen-bond donors (Lipinski definition) is 1. The summed E-state index contributed by atoms with van der Waals surface area (Å²) in [5, 5.41) is 10.6. The normalized spacial score (nSPS) is 29.2. The SMILES string of the molecule is CCCCCCCCCC1(O)CCCC(C)CC1. The third-order valence-electron chi connectivity index (χ3n) is 4.69. The predicted molar refractivity (Wildman–Crippen MR) is 79.8 cm³/mol. The molecule has 1 N–H and O–H groups in total. The largest absolute Gasteiger partial charge is 0.390 e. The van der Waals surface area contributed by atoms with Crippen molar-refractivity contribution in [1.82, 2.24) is 0 Å². The second kappa shape index (κ2) is 8.96. The molecule has 2 atom stereocenters. The highest BCUT2D eigenvalue weighted by Crippen LogP contribution is 2.33. The Kier molecular flexibility index (Phi) is 7.97. The maximum atomic E-state index is 10.6. The van der Waals surface area contributed by atoms with Crippen LogP contribution < -0.4 is 0 Å². The second-order valence-corrected chi connectivity index (χ2v) is 6.63. The second-order valence-electron chi connectivity index (χ2n) is 6.63. The highest BCUT2D eigenvalue weighted by atomic mass is 16.3. The number of unbranched alkanes of at least 4 members (excludes halogenated alkanes) is 6. The van der Waals surface area contributed by atoms with Crippen LogP contribution in [0.3, 0.4) is 0 Å². The molecule has 1 aliphatic carbocycles. The van der Waals surface area contributed by atoms with Crippen molar-refractivity contribution in [3.8, 4) is 0 Å². The molecule has 1 rings (SSSR count). The van der Waals surface area contributed by atoms with E-state index in [-0.39, 0.29) is 5.60 Å². The summed E-state index contributed by atoms with van der Waals surface area (Å²) in [5.41, 5.74) is -0.311. The molecule has 1 heteroatoms. The van der Waals surface area contributed by atoms with Crippen LogP contribution in [-0.4, -0.2) is 10.7 Å². The zero-order valence-corrected chi connectivity index (χ0v) is 12.7. The van der Waals surface area contributed by atoms with E-state index in [4.69, 9.17) is 0 Å². The maximum absolute atomic E-state index is 10.6. The van der Waals surface area contributed by atoms with Gasteiger partial charge in [-0.05, 0) is 31.6 Å². The molecule has 0 aromatic carbocycles. The van der Waals surface area contributed by atoms with E-state index in [9.17, 15) is 5.11 Å². The molecular formula is C17H34O. The minimum absolute atomic E-state index is 0.311. The van der Waals surface area contributed by atoms with Crippen LogP contribution in [0.25, 0.3) is 0 Å². The molecule has 1 saturated carbocycles. The fourth-order valence-corrected chi connectivity index (χ4v) is 3.23. The van der Waals surface area contributed by atoms with E-state index in [1.807, 2.05) is 0 Å². The van der Waals surface area contributed by atoms with E-state index in [1.165, 1.54) is 64.2 Å². The fourth-order valence-electron chi connectivity index (χ4n) is 3.23. The Labute approximate surface area is 114 Å². The van der Waals surface area contributed by atoms with E-state index in [0.29, 0.717) is 0 Å². The van der Waals surface area contributed by atoms with Gasteiger partial charge < -0.3 is 5.11 Å². The van der Waals surface area contributed by atoms with Crippen molar-refractivity contribution in [3.63, 3.8) is 0 Å². The summed E-state index contributed by atoms with van der Waals surface area (Å²) in [7, 11) is 0. The van der Waals surface area contributed by atoms with Gasteiger partial charge in [0.1, 0.15) is 0 Å². The predicted octanol–water partition coefficient (Wildman–Crippen LogP) is 5.46. The van der Waals surface area contributed by atoms with Crippen LogP contribution in [0.4, 0.5) is 0 Å². The first kappa shape index (κ1) is 16.0. The Morgan fingerprint density at radius 1 is 0.944 bits per heavy atom. The van der Waals surface area contributed by atoms with Crippen molar-refractivity contribution in [1.29, 1.82) is 0 Å². The smallest absolute Gasteiger partial charge is 0.0648 e. The number of hydrogen-bond acceptors (Lipinski definition) is 1. The molecule has 0 radical (unpaired) electrons. The third-order valence-corrected chi connectivity index (χ3v) is 4.69. The lowest BCUT2D eigenvalue weighted by molar-refractivity contribution is 0.0132. The van der Waals surface area contributed by atoms with Gasteiger partial charge in [0.05, 0.1) is 5.60 Å². The van der Waals surface area contributed by atoms with Gasteiger partial charge in [-0.1, -0.05) is 71.6 Å². The summed E-state index contributed by atoms with van der Waals surface area (Å²) >= 11 is 0. The summed E-state index contributed by atoms with van der Waals surface area (Å²) in [4.78, 5) is 0. The molecule has 0 aromatic heterocycles. The van der Waals surface area contributed by atoms with Gasteiger partial charge in [0.25, 0.3) is 0 Å². The molecule has 0 bridgehead atoms. The zero-order valence-electron chi connectivity index (χ0n) is 12.7. The lowest BCUT2D eigenvalue weighted by Gasteiger charge is -2.26. The molecule has 108 valence electrons. The Morgan fingerprint density at radius 3 is 2.33 bits per heavy atom. The summed E-state index contributed by atoms with van der Waals surface area (Å²) in [6.45, 7) is 4.60. The van der Waals surface area contributed by atoms with Crippen molar-refractivity contribution in [3.05, 3.63) is 0 Å². The Bertz CT molecular complexity index is 202. The van der Waals surface area contributed by atoms with Gasteiger partial charge in [-0.3, -0.25) is 0 Å². The van der Waals surface area contributed by atoms with Crippen molar-refractivity contribution in [2.45, 2.75) is 103 Å². The molecule has 1 nitrogen and oxygen atoms in total. The highest BCUT2D eigenvalue weighted by Gasteiger charge is 2.28.